The minimum atomic E-state index is -0.803. The highest BCUT2D eigenvalue weighted by atomic mass is 19.1. The number of nitrogens with zero attached hydrogens (tertiary/aromatic N) is 1. The van der Waals surface area contributed by atoms with E-state index in [0.717, 1.165) is 18.9 Å². The molecule has 0 saturated heterocycles. The second-order valence-corrected chi connectivity index (χ2v) is 4.68. The van der Waals surface area contributed by atoms with Gasteiger partial charge in [-0.05, 0) is 12.8 Å². The zero-order valence-electron chi connectivity index (χ0n) is 10.3. The lowest BCUT2D eigenvalue weighted by Gasteiger charge is -2.23. The van der Waals surface area contributed by atoms with Gasteiger partial charge >= 0.3 is 0 Å². The highest BCUT2D eigenvalue weighted by Gasteiger charge is 2.31. The van der Waals surface area contributed by atoms with Crippen LogP contribution in [-0.4, -0.2) is 29.3 Å². The topological polar surface area (TPSA) is 57.2 Å². The monoisotopic (exact) mass is 257 g/mol. The molecule has 1 fully saturated rings. The Balaban J connectivity index is 2.09. The molecule has 0 atom stereocenters. The van der Waals surface area contributed by atoms with E-state index in [-0.39, 0.29) is 18.2 Å². The molecule has 4 nitrogen and oxygen atoms in total. The number of aromatic nitrogens is 1. The Labute approximate surface area is 104 Å². The summed E-state index contributed by atoms with van der Waals surface area (Å²) in [6.45, 7) is 0.228. The first kappa shape index (κ1) is 13.0. The number of hydrogen-bond donors (Lipinski definition) is 3. The smallest absolute Gasteiger partial charge is 0.168 e. The van der Waals surface area contributed by atoms with Crippen LogP contribution in [-0.2, 0) is 0 Å². The van der Waals surface area contributed by atoms with Crippen molar-refractivity contribution in [1.29, 1.82) is 0 Å². The minimum absolute atomic E-state index is 0.0164. The molecular weight excluding hydrogens is 240 g/mol. The van der Waals surface area contributed by atoms with E-state index in [0.29, 0.717) is 12.8 Å². The van der Waals surface area contributed by atoms with E-state index >= 15 is 0 Å². The molecule has 0 aromatic carbocycles. The standard InChI is InChI=1S/C12H17F2N3O/c1-15-10-8(13)6-9(14)11(17-10)16-7-12(18)4-2-3-5-12/h6,18H,2-5,7H2,1H3,(H2,15,16,17). The summed E-state index contributed by atoms with van der Waals surface area (Å²) < 4.78 is 26.7. The normalized spacial score (nSPS) is 17.8. The van der Waals surface area contributed by atoms with Crippen LogP contribution in [0.2, 0.25) is 0 Å². The maximum atomic E-state index is 13.5. The largest absolute Gasteiger partial charge is 0.388 e. The highest BCUT2D eigenvalue weighted by Crippen LogP contribution is 2.30. The van der Waals surface area contributed by atoms with Gasteiger partial charge < -0.3 is 15.7 Å². The maximum absolute atomic E-state index is 13.5. The fourth-order valence-electron chi connectivity index (χ4n) is 2.22. The van der Waals surface area contributed by atoms with Gasteiger partial charge in [0.1, 0.15) is 0 Å². The number of aliphatic hydroxyl groups is 1. The molecule has 0 radical (unpaired) electrons. The molecule has 0 aliphatic heterocycles. The third-order valence-electron chi connectivity index (χ3n) is 3.29. The SMILES string of the molecule is CNc1nc(NCC2(O)CCCC2)c(F)cc1F. The van der Waals surface area contributed by atoms with Gasteiger partial charge in [-0.2, -0.15) is 0 Å². The molecule has 18 heavy (non-hydrogen) atoms. The summed E-state index contributed by atoms with van der Waals surface area (Å²) in [6.07, 6.45) is 3.34. The fourth-order valence-corrected chi connectivity index (χ4v) is 2.22. The van der Waals surface area contributed by atoms with Gasteiger partial charge in [-0.1, -0.05) is 12.8 Å². The molecule has 0 unspecified atom stereocenters. The van der Waals surface area contributed by atoms with Crippen LogP contribution in [0.1, 0.15) is 25.7 Å². The van der Waals surface area contributed by atoms with E-state index in [1.807, 2.05) is 0 Å². The molecule has 1 aromatic heterocycles. The molecule has 100 valence electrons. The van der Waals surface area contributed by atoms with Gasteiger partial charge in [-0.15, -0.1) is 0 Å². The lowest BCUT2D eigenvalue weighted by Crippen LogP contribution is -2.34. The number of pyridine rings is 1. The second kappa shape index (κ2) is 5.06. The van der Waals surface area contributed by atoms with Crippen LogP contribution in [0, 0.1) is 11.6 Å². The van der Waals surface area contributed by atoms with E-state index in [2.05, 4.69) is 15.6 Å². The van der Waals surface area contributed by atoms with Gasteiger partial charge in [0.15, 0.2) is 23.3 Å². The lowest BCUT2D eigenvalue weighted by molar-refractivity contribution is 0.0613. The van der Waals surface area contributed by atoms with Crippen molar-refractivity contribution in [1.82, 2.24) is 4.98 Å². The number of nitrogens with one attached hydrogen (secondary N) is 2. The van der Waals surface area contributed by atoms with Gasteiger partial charge in [0.25, 0.3) is 0 Å². The van der Waals surface area contributed by atoms with Crippen molar-refractivity contribution >= 4 is 11.6 Å². The summed E-state index contributed by atoms with van der Waals surface area (Å²) in [7, 11) is 1.51. The molecule has 1 saturated carbocycles. The Morgan fingerprint density at radius 1 is 1.28 bits per heavy atom. The summed E-state index contributed by atoms with van der Waals surface area (Å²) in [6, 6.07) is 0.778. The quantitative estimate of drug-likeness (QED) is 0.773. The second-order valence-electron chi connectivity index (χ2n) is 4.68. The van der Waals surface area contributed by atoms with Crippen LogP contribution in [0.4, 0.5) is 20.4 Å². The Bertz CT molecular complexity index is 434. The average molecular weight is 257 g/mol. The molecule has 0 bridgehead atoms. The zero-order valence-corrected chi connectivity index (χ0v) is 10.3. The Hall–Kier alpha value is -1.43. The predicted molar refractivity (Wildman–Crippen MR) is 65.6 cm³/mol. The van der Waals surface area contributed by atoms with E-state index in [1.165, 1.54) is 7.05 Å². The number of hydrogen-bond acceptors (Lipinski definition) is 4. The molecule has 0 amide bonds. The summed E-state index contributed by atoms with van der Waals surface area (Å²) in [4.78, 5) is 3.80. The van der Waals surface area contributed by atoms with E-state index < -0.39 is 17.2 Å². The van der Waals surface area contributed by atoms with Gasteiger partial charge in [0, 0.05) is 19.7 Å². The van der Waals surface area contributed by atoms with Crippen LogP contribution in [0.15, 0.2) is 6.07 Å². The molecule has 6 heteroatoms. The summed E-state index contributed by atoms with van der Waals surface area (Å²) in [5, 5.41) is 15.4. The van der Waals surface area contributed by atoms with Crippen molar-refractivity contribution in [3.8, 4) is 0 Å². The van der Waals surface area contributed by atoms with Crippen LogP contribution in [0.5, 0.6) is 0 Å². The molecule has 1 aromatic rings. The zero-order chi connectivity index (χ0) is 13.2. The van der Waals surface area contributed by atoms with Crippen molar-refractivity contribution in [3.05, 3.63) is 17.7 Å². The minimum Gasteiger partial charge on any atom is -0.388 e. The molecule has 1 heterocycles. The molecule has 2 rings (SSSR count). The highest BCUT2D eigenvalue weighted by molar-refractivity contribution is 5.47. The van der Waals surface area contributed by atoms with Gasteiger partial charge in [0.05, 0.1) is 5.60 Å². The number of halogens is 2. The number of rotatable bonds is 4. The van der Waals surface area contributed by atoms with Crippen molar-refractivity contribution < 1.29 is 13.9 Å². The molecule has 1 aliphatic rings. The molecule has 1 aliphatic carbocycles. The summed E-state index contributed by atoms with van der Waals surface area (Å²) >= 11 is 0. The average Bonchev–Trinajstić information content (AvgIpc) is 2.76. The Kier molecular flexibility index (Phi) is 3.65. The maximum Gasteiger partial charge on any atom is 0.168 e. The van der Waals surface area contributed by atoms with Crippen molar-refractivity contribution in [2.24, 2.45) is 0 Å². The van der Waals surface area contributed by atoms with E-state index in [1.54, 1.807) is 0 Å². The molecule has 3 N–H and O–H groups in total. The van der Waals surface area contributed by atoms with Crippen LogP contribution in [0.25, 0.3) is 0 Å². The van der Waals surface area contributed by atoms with Crippen LogP contribution in [0.3, 0.4) is 0 Å². The Morgan fingerprint density at radius 3 is 2.50 bits per heavy atom. The summed E-state index contributed by atoms with van der Waals surface area (Å²) in [5.74, 6) is -1.55. The van der Waals surface area contributed by atoms with Gasteiger partial charge in [-0.3, -0.25) is 0 Å². The molecular formula is C12H17F2N3O. The number of anilines is 2. The predicted octanol–water partition coefficient (Wildman–Crippen LogP) is 2.12. The summed E-state index contributed by atoms with van der Waals surface area (Å²) in [5.41, 5.74) is -0.803. The first-order chi connectivity index (χ1) is 8.54. The van der Waals surface area contributed by atoms with E-state index in [4.69, 9.17) is 0 Å². The van der Waals surface area contributed by atoms with Crippen molar-refractivity contribution in [2.45, 2.75) is 31.3 Å². The van der Waals surface area contributed by atoms with Crippen molar-refractivity contribution in [3.63, 3.8) is 0 Å². The van der Waals surface area contributed by atoms with E-state index in [9.17, 15) is 13.9 Å². The lowest BCUT2D eigenvalue weighted by atomic mass is 10.0. The van der Waals surface area contributed by atoms with Gasteiger partial charge in [-0.25, -0.2) is 13.8 Å². The first-order valence-corrected chi connectivity index (χ1v) is 6.04. The first-order valence-electron chi connectivity index (χ1n) is 6.04. The third-order valence-corrected chi connectivity index (χ3v) is 3.29. The van der Waals surface area contributed by atoms with Crippen molar-refractivity contribution in [2.75, 3.05) is 24.2 Å². The fraction of sp³-hybridized carbons (Fsp3) is 0.583. The van der Waals surface area contributed by atoms with Crippen LogP contribution >= 0.6 is 0 Å². The van der Waals surface area contributed by atoms with Gasteiger partial charge in [0.2, 0.25) is 0 Å². The Morgan fingerprint density at radius 2 is 1.89 bits per heavy atom. The van der Waals surface area contributed by atoms with Crippen LogP contribution < -0.4 is 10.6 Å². The molecule has 0 spiro atoms. The third kappa shape index (κ3) is 2.69.